The summed E-state index contributed by atoms with van der Waals surface area (Å²) in [5.41, 5.74) is 0.982. The molecule has 1 saturated carbocycles. The van der Waals surface area contributed by atoms with Gasteiger partial charge in [0.1, 0.15) is 0 Å². The number of carbonyl (C=O) groups is 1. The van der Waals surface area contributed by atoms with E-state index in [0.29, 0.717) is 6.04 Å². The van der Waals surface area contributed by atoms with E-state index in [1.807, 2.05) is 6.92 Å². The first-order chi connectivity index (χ1) is 6.75. The van der Waals surface area contributed by atoms with Crippen molar-refractivity contribution < 1.29 is 4.79 Å². The lowest BCUT2D eigenvalue weighted by atomic mass is 10.2. The molecule has 1 aliphatic carbocycles. The van der Waals surface area contributed by atoms with Gasteiger partial charge in [0.2, 0.25) is 0 Å². The maximum atomic E-state index is 11.3. The number of H-pyrrole nitrogens is 1. The van der Waals surface area contributed by atoms with Crippen LogP contribution in [0.15, 0.2) is 12.4 Å². The molecule has 5 nitrogen and oxygen atoms in total. The van der Waals surface area contributed by atoms with Crippen molar-refractivity contribution in [1.82, 2.24) is 20.8 Å². The van der Waals surface area contributed by atoms with E-state index >= 15 is 0 Å². The number of rotatable bonds is 3. The van der Waals surface area contributed by atoms with Crippen LogP contribution < -0.4 is 10.6 Å². The Bertz CT molecular complexity index is 305. The van der Waals surface area contributed by atoms with Gasteiger partial charge in [0.25, 0.3) is 0 Å². The number of carbonyl (C=O) groups excluding carboxylic acids is 1. The summed E-state index contributed by atoms with van der Waals surface area (Å²) in [7, 11) is 0. The lowest BCUT2D eigenvalue weighted by Crippen LogP contribution is -2.38. The van der Waals surface area contributed by atoms with Crippen LogP contribution in [0.1, 0.15) is 31.4 Å². The highest BCUT2D eigenvalue weighted by Gasteiger charge is 2.23. The normalized spacial score (nSPS) is 17.5. The van der Waals surface area contributed by atoms with Crippen LogP contribution >= 0.6 is 0 Å². The molecule has 1 unspecified atom stereocenters. The minimum Gasteiger partial charge on any atom is -0.335 e. The zero-order chi connectivity index (χ0) is 9.97. The highest BCUT2D eigenvalue weighted by atomic mass is 16.2. The Balaban J connectivity index is 1.81. The first-order valence-corrected chi connectivity index (χ1v) is 4.81. The largest absolute Gasteiger partial charge is 0.335 e. The summed E-state index contributed by atoms with van der Waals surface area (Å²) in [6.07, 6.45) is 5.70. The zero-order valence-electron chi connectivity index (χ0n) is 8.08. The predicted octanol–water partition coefficient (Wildman–Crippen LogP) is 0.932. The van der Waals surface area contributed by atoms with E-state index in [0.717, 1.165) is 18.4 Å². The van der Waals surface area contributed by atoms with Crippen molar-refractivity contribution in [2.45, 2.75) is 31.8 Å². The molecule has 14 heavy (non-hydrogen) atoms. The molecular weight excluding hydrogens is 180 g/mol. The molecule has 0 saturated heterocycles. The van der Waals surface area contributed by atoms with Gasteiger partial charge in [-0.3, -0.25) is 5.10 Å². The van der Waals surface area contributed by atoms with Gasteiger partial charge in [0, 0.05) is 17.8 Å². The molecule has 0 spiro atoms. The fourth-order valence-electron chi connectivity index (χ4n) is 1.23. The highest BCUT2D eigenvalue weighted by Crippen LogP contribution is 2.18. The summed E-state index contributed by atoms with van der Waals surface area (Å²) < 4.78 is 0. The van der Waals surface area contributed by atoms with E-state index in [1.165, 1.54) is 0 Å². The van der Waals surface area contributed by atoms with Gasteiger partial charge >= 0.3 is 6.03 Å². The van der Waals surface area contributed by atoms with Crippen LogP contribution in [0.3, 0.4) is 0 Å². The van der Waals surface area contributed by atoms with Crippen molar-refractivity contribution in [3.8, 4) is 0 Å². The molecule has 0 bridgehead atoms. The first-order valence-electron chi connectivity index (χ1n) is 4.81. The molecule has 0 radical (unpaired) electrons. The van der Waals surface area contributed by atoms with Crippen molar-refractivity contribution in [2.24, 2.45) is 0 Å². The van der Waals surface area contributed by atoms with Crippen LogP contribution in [-0.4, -0.2) is 22.3 Å². The van der Waals surface area contributed by atoms with E-state index in [9.17, 15) is 4.79 Å². The highest BCUT2D eigenvalue weighted by molar-refractivity contribution is 5.75. The molecule has 2 rings (SSSR count). The monoisotopic (exact) mass is 194 g/mol. The molecule has 1 aromatic heterocycles. The fraction of sp³-hybridized carbons (Fsp3) is 0.556. The molecule has 1 aromatic rings. The van der Waals surface area contributed by atoms with Gasteiger partial charge in [-0.1, -0.05) is 0 Å². The molecule has 0 aromatic carbocycles. The van der Waals surface area contributed by atoms with Crippen LogP contribution in [0.5, 0.6) is 0 Å². The van der Waals surface area contributed by atoms with Gasteiger partial charge in [-0.2, -0.15) is 5.10 Å². The number of amides is 2. The Labute approximate surface area is 82.3 Å². The quantitative estimate of drug-likeness (QED) is 0.670. The Hall–Kier alpha value is -1.52. The van der Waals surface area contributed by atoms with E-state index in [2.05, 4.69) is 20.8 Å². The Morgan fingerprint density at radius 3 is 3.07 bits per heavy atom. The topological polar surface area (TPSA) is 69.8 Å². The molecule has 1 fully saturated rings. The second kappa shape index (κ2) is 3.69. The third kappa shape index (κ3) is 2.25. The van der Waals surface area contributed by atoms with Crippen molar-refractivity contribution in [3.63, 3.8) is 0 Å². The van der Waals surface area contributed by atoms with Gasteiger partial charge in [-0.05, 0) is 19.8 Å². The maximum Gasteiger partial charge on any atom is 0.315 e. The van der Waals surface area contributed by atoms with Crippen LogP contribution in [-0.2, 0) is 0 Å². The van der Waals surface area contributed by atoms with Gasteiger partial charge in [0.05, 0.1) is 12.2 Å². The van der Waals surface area contributed by atoms with Crippen molar-refractivity contribution in [1.29, 1.82) is 0 Å². The van der Waals surface area contributed by atoms with E-state index in [-0.39, 0.29) is 12.1 Å². The maximum absolute atomic E-state index is 11.3. The summed E-state index contributed by atoms with van der Waals surface area (Å²) in [5, 5.41) is 12.3. The molecule has 1 heterocycles. The standard InChI is InChI=1S/C9H14N4O/c1-6(7-4-10-11-5-7)12-9(14)13-8-2-3-8/h4-6,8H,2-3H2,1H3,(H,10,11)(H2,12,13,14). The van der Waals surface area contributed by atoms with E-state index in [1.54, 1.807) is 12.4 Å². The van der Waals surface area contributed by atoms with Crippen molar-refractivity contribution in [2.75, 3.05) is 0 Å². The third-order valence-corrected chi connectivity index (χ3v) is 2.28. The summed E-state index contributed by atoms with van der Waals surface area (Å²) in [5.74, 6) is 0. The van der Waals surface area contributed by atoms with E-state index < -0.39 is 0 Å². The van der Waals surface area contributed by atoms with Crippen molar-refractivity contribution in [3.05, 3.63) is 18.0 Å². The fourth-order valence-corrected chi connectivity index (χ4v) is 1.23. The minimum absolute atomic E-state index is 0.00694. The first kappa shape index (κ1) is 9.05. The van der Waals surface area contributed by atoms with Gasteiger partial charge in [-0.15, -0.1) is 0 Å². The molecular formula is C9H14N4O. The van der Waals surface area contributed by atoms with E-state index in [4.69, 9.17) is 0 Å². The average molecular weight is 194 g/mol. The van der Waals surface area contributed by atoms with Crippen LogP contribution in [0.4, 0.5) is 4.79 Å². The van der Waals surface area contributed by atoms with Gasteiger partial charge in [-0.25, -0.2) is 4.79 Å². The predicted molar refractivity (Wildman–Crippen MR) is 51.7 cm³/mol. The van der Waals surface area contributed by atoms with Crippen molar-refractivity contribution >= 4 is 6.03 Å². The Kier molecular flexibility index (Phi) is 2.39. The van der Waals surface area contributed by atoms with Crippen LogP contribution in [0, 0.1) is 0 Å². The number of hydrogen-bond donors (Lipinski definition) is 3. The Morgan fingerprint density at radius 2 is 2.50 bits per heavy atom. The smallest absolute Gasteiger partial charge is 0.315 e. The Morgan fingerprint density at radius 1 is 1.71 bits per heavy atom. The lowest BCUT2D eigenvalue weighted by Gasteiger charge is -2.12. The SMILES string of the molecule is CC(NC(=O)NC1CC1)c1cn[nH]c1. The number of nitrogens with zero attached hydrogens (tertiary/aromatic N) is 1. The van der Waals surface area contributed by atoms with Crippen LogP contribution in [0.25, 0.3) is 0 Å². The average Bonchev–Trinajstić information content (AvgIpc) is 2.80. The molecule has 76 valence electrons. The second-order valence-corrected chi connectivity index (χ2v) is 3.65. The third-order valence-electron chi connectivity index (χ3n) is 2.28. The minimum atomic E-state index is -0.0961. The summed E-state index contributed by atoms with van der Waals surface area (Å²) >= 11 is 0. The molecule has 1 atom stereocenters. The van der Waals surface area contributed by atoms with Gasteiger partial charge in [0.15, 0.2) is 0 Å². The van der Waals surface area contributed by atoms with Gasteiger partial charge < -0.3 is 10.6 Å². The van der Waals surface area contributed by atoms with Crippen LogP contribution in [0.2, 0.25) is 0 Å². The lowest BCUT2D eigenvalue weighted by molar-refractivity contribution is 0.237. The molecule has 1 aliphatic rings. The molecule has 3 N–H and O–H groups in total. The summed E-state index contributed by atoms with van der Waals surface area (Å²) in [6.45, 7) is 1.93. The molecule has 2 amide bonds. The number of nitrogens with one attached hydrogen (secondary N) is 3. The summed E-state index contributed by atoms with van der Waals surface area (Å²) in [4.78, 5) is 11.3. The molecule has 0 aliphatic heterocycles. The number of aromatic nitrogens is 2. The second-order valence-electron chi connectivity index (χ2n) is 3.65. The number of aromatic amines is 1. The number of urea groups is 1. The number of hydrogen-bond acceptors (Lipinski definition) is 2. The summed E-state index contributed by atoms with van der Waals surface area (Å²) in [6, 6.07) is 0.292. The molecule has 5 heteroatoms. The zero-order valence-corrected chi connectivity index (χ0v) is 8.08.